The van der Waals surface area contributed by atoms with Crippen molar-refractivity contribution < 1.29 is 4.39 Å². The van der Waals surface area contributed by atoms with Crippen LogP contribution >= 0.6 is 0 Å². The van der Waals surface area contributed by atoms with Gasteiger partial charge in [-0.25, -0.2) is 23.3 Å². The summed E-state index contributed by atoms with van der Waals surface area (Å²) in [7, 11) is 0. The average Bonchev–Trinajstić information content (AvgIpc) is 2.86. The highest BCUT2D eigenvalue weighted by Crippen LogP contribution is 2.28. The zero-order valence-electron chi connectivity index (χ0n) is 13.1. The topological polar surface area (TPSA) is 78.2 Å². The third-order valence-corrected chi connectivity index (χ3v) is 4.33. The highest BCUT2D eigenvalue weighted by atomic mass is 19.1. The van der Waals surface area contributed by atoms with Crippen molar-refractivity contribution in [2.24, 2.45) is 5.41 Å². The van der Waals surface area contributed by atoms with Crippen LogP contribution in [0.5, 0.6) is 0 Å². The standard InChI is InChI=1S/C17H16FN5O/c1-17(7-3-2-4-8-17)10-22-16(24)23-13-9-11(18)5-6-12(13)20-14(19)15(23)21-22/h2-7,9H,8,10H2,1H3,(H2,19,20). The van der Waals surface area contributed by atoms with E-state index >= 15 is 0 Å². The van der Waals surface area contributed by atoms with Crippen LogP contribution in [-0.2, 0) is 6.54 Å². The maximum atomic E-state index is 13.6. The summed E-state index contributed by atoms with van der Waals surface area (Å²) in [6.07, 6.45) is 8.87. The first kappa shape index (κ1) is 14.6. The number of nitrogen functional groups attached to an aromatic ring is 1. The van der Waals surface area contributed by atoms with Crippen LogP contribution in [0.4, 0.5) is 10.2 Å². The smallest absolute Gasteiger partial charge is 0.351 e. The molecule has 0 bridgehead atoms. The minimum atomic E-state index is -0.442. The van der Waals surface area contributed by atoms with E-state index in [4.69, 9.17) is 5.73 Å². The van der Waals surface area contributed by atoms with Crippen molar-refractivity contribution in [1.29, 1.82) is 0 Å². The van der Waals surface area contributed by atoms with Crippen molar-refractivity contribution in [2.45, 2.75) is 19.9 Å². The molecule has 1 atom stereocenters. The molecular formula is C17H16FN5O. The molecular weight excluding hydrogens is 309 g/mol. The summed E-state index contributed by atoms with van der Waals surface area (Å²) in [6.45, 7) is 2.47. The Morgan fingerprint density at radius 3 is 2.96 bits per heavy atom. The highest BCUT2D eigenvalue weighted by molar-refractivity contribution is 5.81. The lowest BCUT2D eigenvalue weighted by Crippen LogP contribution is -2.30. The van der Waals surface area contributed by atoms with Crippen LogP contribution in [0.25, 0.3) is 16.7 Å². The van der Waals surface area contributed by atoms with Crippen molar-refractivity contribution in [3.05, 3.63) is 58.8 Å². The normalized spacial score (nSPS) is 20.2. The van der Waals surface area contributed by atoms with Crippen molar-refractivity contribution in [1.82, 2.24) is 19.2 Å². The molecule has 1 aromatic carbocycles. The number of allylic oxidation sites excluding steroid dienone is 4. The van der Waals surface area contributed by atoms with Crippen LogP contribution in [0.3, 0.4) is 0 Å². The molecule has 2 aromatic heterocycles. The summed E-state index contributed by atoms with van der Waals surface area (Å²) in [5.41, 5.74) is 6.45. The van der Waals surface area contributed by atoms with Crippen molar-refractivity contribution in [2.75, 3.05) is 5.73 Å². The summed E-state index contributed by atoms with van der Waals surface area (Å²) in [6, 6.07) is 4.06. The SMILES string of the molecule is CC1(Cn2nc3c(N)nc4ccc(F)cc4n3c2=O)C=CC=CC1. The number of hydrogen-bond donors (Lipinski definition) is 1. The Kier molecular flexibility index (Phi) is 3.06. The van der Waals surface area contributed by atoms with Crippen LogP contribution in [0.2, 0.25) is 0 Å². The predicted molar refractivity (Wildman–Crippen MR) is 90.1 cm³/mol. The van der Waals surface area contributed by atoms with Gasteiger partial charge in [0.05, 0.1) is 17.6 Å². The molecule has 4 rings (SSSR count). The van der Waals surface area contributed by atoms with Gasteiger partial charge in [-0.3, -0.25) is 0 Å². The van der Waals surface area contributed by atoms with Gasteiger partial charge in [-0.15, -0.1) is 5.10 Å². The molecule has 0 saturated carbocycles. The van der Waals surface area contributed by atoms with Crippen LogP contribution in [-0.4, -0.2) is 19.2 Å². The van der Waals surface area contributed by atoms with Gasteiger partial charge < -0.3 is 5.73 Å². The molecule has 0 spiro atoms. The molecule has 1 unspecified atom stereocenters. The van der Waals surface area contributed by atoms with Gasteiger partial charge >= 0.3 is 5.69 Å². The minimum absolute atomic E-state index is 0.147. The molecule has 122 valence electrons. The molecule has 1 aliphatic carbocycles. The molecule has 0 amide bonds. The second-order valence-electron chi connectivity index (χ2n) is 6.37. The molecule has 0 saturated heterocycles. The third kappa shape index (κ3) is 2.20. The predicted octanol–water partition coefficient (Wildman–Crippen LogP) is 2.29. The number of anilines is 1. The van der Waals surface area contributed by atoms with Crippen LogP contribution in [0.15, 0.2) is 47.3 Å². The molecule has 0 aliphatic heterocycles. The van der Waals surface area contributed by atoms with Crippen LogP contribution in [0, 0.1) is 11.2 Å². The van der Waals surface area contributed by atoms with E-state index < -0.39 is 5.82 Å². The van der Waals surface area contributed by atoms with E-state index in [2.05, 4.69) is 29.2 Å². The number of aromatic nitrogens is 4. The number of hydrogen-bond acceptors (Lipinski definition) is 4. The molecule has 7 heteroatoms. The molecule has 2 heterocycles. The summed E-state index contributed by atoms with van der Waals surface area (Å²) < 4.78 is 16.3. The van der Waals surface area contributed by atoms with Gasteiger partial charge in [0.2, 0.25) is 5.65 Å². The van der Waals surface area contributed by atoms with E-state index in [0.29, 0.717) is 17.6 Å². The van der Waals surface area contributed by atoms with Crippen LogP contribution in [0.1, 0.15) is 13.3 Å². The van der Waals surface area contributed by atoms with Gasteiger partial charge in [0.15, 0.2) is 5.82 Å². The zero-order chi connectivity index (χ0) is 16.9. The zero-order valence-corrected chi connectivity index (χ0v) is 13.1. The fraction of sp³-hybridized carbons (Fsp3) is 0.235. The first-order valence-corrected chi connectivity index (χ1v) is 7.66. The van der Waals surface area contributed by atoms with Gasteiger partial charge in [0.25, 0.3) is 0 Å². The molecule has 3 aromatic rings. The largest absolute Gasteiger partial charge is 0.381 e. The van der Waals surface area contributed by atoms with Crippen LogP contribution < -0.4 is 11.4 Å². The second-order valence-corrected chi connectivity index (χ2v) is 6.37. The summed E-state index contributed by atoms with van der Waals surface area (Å²) in [5.74, 6) is -0.295. The summed E-state index contributed by atoms with van der Waals surface area (Å²) in [4.78, 5) is 17.1. The fourth-order valence-corrected chi connectivity index (χ4v) is 3.07. The number of rotatable bonds is 2. The highest BCUT2D eigenvalue weighted by Gasteiger charge is 2.25. The Morgan fingerprint density at radius 1 is 1.38 bits per heavy atom. The van der Waals surface area contributed by atoms with Crippen molar-refractivity contribution in [3.8, 4) is 0 Å². The molecule has 1 aliphatic rings. The Balaban J connectivity index is 1.94. The molecule has 24 heavy (non-hydrogen) atoms. The second kappa shape index (κ2) is 5.02. The molecule has 6 nitrogen and oxygen atoms in total. The summed E-state index contributed by atoms with van der Waals surface area (Å²) in [5, 5.41) is 4.33. The Bertz CT molecular complexity index is 1080. The van der Waals surface area contributed by atoms with Crippen molar-refractivity contribution >= 4 is 22.5 Å². The maximum Gasteiger partial charge on any atom is 0.351 e. The molecule has 0 radical (unpaired) electrons. The first-order valence-electron chi connectivity index (χ1n) is 7.66. The van der Waals surface area contributed by atoms with E-state index in [1.807, 2.05) is 12.2 Å². The van der Waals surface area contributed by atoms with Crippen molar-refractivity contribution in [3.63, 3.8) is 0 Å². The Hall–Kier alpha value is -2.96. The Morgan fingerprint density at radius 2 is 2.21 bits per heavy atom. The lowest BCUT2D eigenvalue weighted by Gasteiger charge is -2.25. The van der Waals surface area contributed by atoms with E-state index in [1.54, 1.807) is 0 Å². The minimum Gasteiger partial charge on any atom is -0.381 e. The summed E-state index contributed by atoms with van der Waals surface area (Å²) >= 11 is 0. The van der Waals surface area contributed by atoms with Gasteiger partial charge in [0, 0.05) is 11.5 Å². The number of nitrogens with zero attached hydrogens (tertiary/aromatic N) is 4. The van der Waals surface area contributed by atoms with Gasteiger partial charge in [-0.2, -0.15) is 0 Å². The number of nitrogens with two attached hydrogens (primary N) is 1. The van der Waals surface area contributed by atoms with E-state index in [-0.39, 0.29) is 22.6 Å². The monoisotopic (exact) mass is 325 g/mol. The average molecular weight is 325 g/mol. The quantitative estimate of drug-likeness (QED) is 0.784. The fourth-order valence-electron chi connectivity index (χ4n) is 3.07. The van der Waals surface area contributed by atoms with Gasteiger partial charge in [0.1, 0.15) is 5.82 Å². The maximum absolute atomic E-state index is 13.6. The lowest BCUT2D eigenvalue weighted by molar-refractivity contribution is 0.334. The number of fused-ring (bicyclic) bond motifs is 3. The number of halogens is 1. The lowest BCUT2D eigenvalue weighted by atomic mass is 9.84. The third-order valence-electron chi connectivity index (χ3n) is 4.33. The van der Waals surface area contributed by atoms with E-state index in [1.165, 1.54) is 27.3 Å². The Labute approximate surface area is 136 Å². The molecule has 2 N–H and O–H groups in total. The van der Waals surface area contributed by atoms with E-state index in [9.17, 15) is 9.18 Å². The molecule has 0 fully saturated rings. The van der Waals surface area contributed by atoms with E-state index in [0.717, 1.165) is 6.42 Å². The van der Waals surface area contributed by atoms with Gasteiger partial charge in [-0.05, 0) is 18.6 Å². The van der Waals surface area contributed by atoms with Gasteiger partial charge in [-0.1, -0.05) is 31.2 Å². The first-order chi connectivity index (χ1) is 11.5. The number of benzene rings is 1.